The number of aryl methyl sites for hydroxylation is 2. The van der Waals surface area contributed by atoms with Crippen molar-refractivity contribution in [3.8, 4) is 0 Å². The van der Waals surface area contributed by atoms with E-state index in [9.17, 15) is 10.2 Å². The molecule has 2 aromatic rings. The predicted octanol–water partition coefficient (Wildman–Crippen LogP) is 2.61. The smallest absolute Gasteiger partial charge is 0.130 e. The van der Waals surface area contributed by atoms with Gasteiger partial charge < -0.3 is 10.2 Å². The van der Waals surface area contributed by atoms with Crippen LogP contribution in [0.25, 0.3) is 0 Å². The molecule has 0 unspecified atom stereocenters. The third-order valence-electron chi connectivity index (χ3n) is 3.83. The summed E-state index contributed by atoms with van der Waals surface area (Å²) in [7, 11) is 1.78. The summed E-state index contributed by atoms with van der Waals surface area (Å²) in [6.45, 7) is 1.52. The average molecular weight is 374 g/mol. The summed E-state index contributed by atoms with van der Waals surface area (Å²) < 4.78 is 2.51. The van der Waals surface area contributed by atoms with Crippen LogP contribution in [-0.2, 0) is 18.9 Å². The van der Waals surface area contributed by atoms with Crippen molar-refractivity contribution in [3.63, 3.8) is 0 Å². The Morgan fingerprint density at radius 2 is 2.00 bits per heavy atom. The van der Waals surface area contributed by atoms with Crippen LogP contribution in [0, 0.1) is 6.92 Å². The molecule has 1 heterocycles. The third-order valence-corrected chi connectivity index (χ3v) is 4.79. The SMILES string of the molecule is Cc1nn(C)c(Cl)c1CC(CO)(CO)c1cccc(Br)c1. The zero-order valence-corrected chi connectivity index (χ0v) is 14.3. The van der Waals surface area contributed by atoms with Crippen molar-refractivity contribution in [1.82, 2.24) is 9.78 Å². The van der Waals surface area contributed by atoms with Crippen LogP contribution in [0.2, 0.25) is 5.15 Å². The van der Waals surface area contributed by atoms with Crippen LogP contribution in [-0.4, -0.2) is 33.2 Å². The molecule has 114 valence electrons. The highest BCUT2D eigenvalue weighted by molar-refractivity contribution is 9.10. The first-order chi connectivity index (χ1) is 9.93. The summed E-state index contributed by atoms with van der Waals surface area (Å²) in [6.07, 6.45) is 0.426. The topological polar surface area (TPSA) is 58.3 Å². The van der Waals surface area contributed by atoms with Crippen molar-refractivity contribution in [3.05, 3.63) is 50.7 Å². The van der Waals surface area contributed by atoms with Crippen LogP contribution in [0.3, 0.4) is 0 Å². The fourth-order valence-corrected chi connectivity index (χ4v) is 3.12. The lowest BCUT2D eigenvalue weighted by Crippen LogP contribution is -2.37. The highest BCUT2D eigenvalue weighted by atomic mass is 79.9. The minimum Gasteiger partial charge on any atom is -0.395 e. The Hall–Kier alpha value is -0.880. The summed E-state index contributed by atoms with van der Waals surface area (Å²) in [4.78, 5) is 0. The van der Waals surface area contributed by atoms with Gasteiger partial charge in [0.2, 0.25) is 0 Å². The minimum absolute atomic E-state index is 0.176. The van der Waals surface area contributed by atoms with Crippen LogP contribution >= 0.6 is 27.5 Å². The minimum atomic E-state index is -0.790. The van der Waals surface area contributed by atoms with E-state index in [0.717, 1.165) is 21.3 Å². The van der Waals surface area contributed by atoms with Gasteiger partial charge in [0.05, 0.1) is 18.9 Å². The maximum atomic E-state index is 9.93. The largest absolute Gasteiger partial charge is 0.395 e. The van der Waals surface area contributed by atoms with E-state index in [2.05, 4.69) is 21.0 Å². The zero-order valence-electron chi connectivity index (χ0n) is 12.0. The first-order valence-electron chi connectivity index (χ1n) is 6.59. The summed E-state index contributed by atoms with van der Waals surface area (Å²) in [6, 6.07) is 7.60. The second kappa shape index (κ2) is 6.48. The number of hydrogen-bond donors (Lipinski definition) is 2. The lowest BCUT2D eigenvalue weighted by molar-refractivity contribution is 0.116. The van der Waals surface area contributed by atoms with E-state index < -0.39 is 5.41 Å². The number of hydrogen-bond acceptors (Lipinski definition) is 3. The molecule has 1 aromatic carbocycles. The fraction of sp³-hybridized carbons (Fsp3) is 0.400. The molecule has 0 bridgehead atoms. The summed E-state index contributed by atoms with van der Waals surface area (Å²) >= 11 is 9.71. The molecule has 6 heteroatoms. The van der Waals surface area contributed by atoms with Crippen molar-refractivity contribution in [2.45, 2.75) is 18.8 Å². The van der Waals surface area contributed by atoms with Crippen LogP contribution < -0.4 is 0 Å². The van der Waals surface area contributed by atoms with Gasteiger partial charge in [-0.1, -0.05) is 39.7 Å². The summed E-state index contributed by atoms with van der Waals surface area (Å²) in [5.74, 6) is 0. The molecule has 21 heavy (non-hydrogen) atoms. The van der Waals surface area contributed by atoms with Gasteiger partial charge in [0, 0.05) is 22.5 Å². The maximum absolute atomic E-state index is 9.93. The van der Waals surface area contributed by atoms with E-state index >= 15 is 0 Å². The van der Waals surface area contributed by atoms with Crippen molar-refractivity contribution in [2.75, 3.05) is 13.2 Å². The molecule has 0 amide bonds. The molecule has 0 radical (unpaired) electrons. The molecule has 4 nitrogen and oxygen atoms in total. The molecule has 0 aliphatic heterocycles. The van der Waals surface area contributed by atoms with Crippen molar-refractivity contribution >= 4 is 27.5 Å². The van der Waals surface area contributed by atoms with Gasteiger partial charge in [0.25, 0.3) is 0 Å². The molecule has 0 spiro atoms. The number of rotatable bonds is 5. The quantitative estimate of drug-likeness (QED) is 0.847. The highest BCUT2D eigenvalue weighted by Crippen LogP contribution is 2.33. The van der Waals surface area contributed by atoms with E-state index in [0.29, 0.717) is 11.6 Å². The number of benzene rings is 1. The summed E-state index contributed by atoms with van der Waals surface area (Å²) in [5, 5.41) is 24.7. The van der Waals surface area contributed by atoms with Gasteiger partial charge >= 0.3 is 0 Å². The average Bonchev–Trinajstić information content (AvgIpc) is 2.70. The van der Waals surface area contributed by atoms with E-state index in [1.165, 1.54) is 0 Å². The monoisotopic (exact) mass is 372 g/mol. The van der Waals surface area contributed by atoms with Gasteiger partial charge in [0.15, 0.2) is 0 Å². The lowest BCUT2D eigenvalue weighted by atomic mass is 9.77. The van der Waals surface area contributed by atoms with Crippen molar-refractivity contribution in [1.29, 1.82) is 0 Å². The number of halogens is 2. The lowest BCUT2D eigenvalue weighted by Gasteiger charge is -2.30. The van der Waals surface area contributed by atoms with E-state index in [4.69, 9.17) is 11.6 Å². The Morgan fingerprint density at radius 1 is 1.33 bits per heavy atom. The van der Waals surface area contributed by atoms with Gasteiger partial charge in [-0.25, -0.2) is 0 Å². The molecule has 0 aliphatic carbocycles. The molecule has 0 saturated heterocycles. The van der Waals surface area contributed by atoms with E-state index in [-0.39, 0.29) is 13.2 Å². The Balaban J connectivity index is 2.48. The molecule has 2 rings (SSSR count). The zero-order chi connectivity index (χ0) is 15.6. The Kier molecular flexibility index (Phi) is 5.09. The first-order valence-corrected chi connectivity index (χ1v) is 7.76. The highest BCUT2D eigenvalue weighted by Gasteiger charge is 2.34. The standard InChI is InChI=1S/C15H18BrClN2O2/c1-10-13(14(17)19(2)18-10)7-15(8-20,9-21)11-4-3-5-12(16)6-11/h3-6,20-21H,7-9H2,1-2H3. The molecule has 0 fully saturated rings. The molecule has 2 N–H and O–H groups in total. The molecule has 0 saturated carbocycles. The second-order valence-corrected chi connectivity index (χ2v) is 6.54. The van der Waals surface area contributed by atoms with E-state index in [1.807, 2.05) is 31.2 Å². The molecule has 1 aromatic heterocycles. The van der Waals surface area contributed by atoms with Crippen molar-refractivity contribution in [2.24, 2.45) is 7.05 Å². The van der Waals surface area contributed by atoms with Crippen LogP contribution in [0.1, 0.15) is 16.8 Å². The number of aliphatic hydroxyl groups is 2. The first kappa shape index (κ1) is 16.5. The number of nitrogens with zero attached hydrogens (tertiary/aromatic N) is 2. The normalized spacial score (nSPS) is 11.9. The Labute approximate surface area is 137 Å². The fourth-order valence-electron chi connectivity index (χ4n) is 2.48. The maximum Gasteiger partial charge on any atom is 0.130 e. The van der Waals surface area contributed by atoms with Crippen LogP contribution in [0.15, 0.2) is 28.7 Å². The van der Waals surface area contributed by atoms with Gasteiger partial charge in [-0.05, 0) is 31.0 Å². The van der Waals surface area contributed by atoms with Crippen molar-refractivity contribution < 1.29 is 10.2 Å². The third kappa shape index (κ3) is 3.16. The Morgan fingerprint density at radius 3 is 2.48 bits per heavy atom. The molecular formula is C15H18BrClN2O2. The summed E-state index contributed by atoms with van der Waals surface area (Å²) in [5.41, 5.74) is 1.73. The van der Waals surface area contributed by atoms with Gasteiger partial charge in [-0.3, -0.25) is 4.68 Å². The van der Waals surface area contributed by atoms with Crippen LogP contribution in [0.4, 0.5) is 0 Å². The van der Waals surface area contributed by atoms with Crippen LogP contribution in [0.5, 0.6) is 0 Å². The number of aromatic nitrogens is 2. The second-order valence-electron chi connectivity index (χ2n) is 5.26. The Bertz CT molecular complexity index is 639. The van der Waals surface area contributed by atoms with Gasteiger partial charge in [0.1, 0.15) is 5.15 Å². The predicted molar refractivity (Wildman–Crippen MR) is 86.7 cm³/mol. The molecule has 0 atom stereocenters. The molecule has 0 aliphatic rings. The van der Waals surface area contributed by atoms with E-state index in [1.54, 1.807) is 11.7 Å². The number of aliphatic hydroxyl groups excluding tert-OH is 2. The molecular weight excluding hydrogens is 356 g/mol. The van der Waals surface area contributed by atoms with Gasteiger partial charge in [-0.2, -0.15) is 5.10 Å². The van der Waals surface area contributed by atoms with Gasteiger partial charge in [-0.15, -0.1) is 0 Å².